The maximum Gasteiger partial charge on any atom is 0.416 e. The highest BCUT2D eigenvalue weighted by Crippen LogP contribution is 2.29. The molecule has 1 saturated heterocycles. The van der Waals surface area contributed by atoms with E-state index in [9.17, 15) is 22.8 Å². The van der Waals surface area contributed by atoms with E-state index in [1.165, 1.54) is 17.0 Å². The first-order chi connectivity index (χ1) is 8.86. The Hall–Kier alpha value is -2.05. The number of nitrogens with one attached hydrogen (secondary N) is 1. The van der Waals surface area contributed by atoms with Crippen LogP contribution in [0.1, 0.15) is 11.1 Å². The number of carbonyl (C=O) groups is 2. The van der Waals surface area contributed by atoms with E-state index in [2.05, 4.69) is 5.32 Å². The van der Waals surface area contributed by atoms with Gasteiger partial charge in [-0.1, -0.05) is 12.1 Å². The van der Waals surface area contributed by atoms with E-state index in [0.29, 0.717) is 5.56 Å². The summed E-state index contributed by atoms with van der Waals surface area (Å²) in [4.78, 5) is 23.9. The van der Waals surface area contributed by atoms with Crippen LogP contribution < -0.4 is 5.32 Å². The molecule has 1 aliphatic heterocycles. The predicted molar refractivity (Wildman–Crippen MR) is 59.9 cm³/mol. The molecule has 102 valence electrons. The van der Waals surface area contributed by atoms with Gasteiger partial charge in [0.25, 0.3) is 0 Å². The minimum atomic E-state index is -4.38. The second-order valence-electron chi connectivity index (χ2n) is 4.22. The number of amides is 2. The standard InChI is InChI=1S/C12H11F3N2O2/c13-12(14,15)9-3-1-8(2-4-9)6-17-7-10(18)16-5-11(17)19/h1-4H,5-7H2,(H,16,18). The zero-order valence-corrected chi connectivity index (χ0v) is 9.83. The topological polar surface area (TPSA) is 49.4 Å². The third-order valence-corrected chi connectivity index (χ3v) is 2.78. The second-order valence-corrected chi connectivity index (χ2v) is 4.22. The molecule has 0 aliphatic carbocycles. The number of carbonyl (C=O) groups excluding carboxylic acids is 2. The first-order valence-corrected chi connectivity index (χ1v) is 5.57. The van der Waals surface area contributed by atoms with Crippen LogP contribution in [0.25, 0.3) is 0 Å². The van der Waals surface area contributed by atoms with Crippen molar-refractivity contribution in [2.45, 2.75) is 12.7 Å². The highest BCUT2D eigenvalue weighted by Gasteiger charge is 2.30. The third-order valence-electron chi connectivity index (χ3n) is 2.78. The van der Waals surface area contributed by atoms with Crippen molar-refractivity contribution in [3.8, 4) is 0 Å². The van der Waals surface area contributed by atoms with E-state index < -0.39 is 11.7 Å². The Morgan fingerprint density at radius 1 is 1.16 bits per heavy atom. The number of rotatable bonds is 2. The molecule has 0 aromatic heterocycles. The van der Waals surface area contributed by atoms with Crippen LogP contribution in [0.4, 0.5) is 13.2 Å². The van der Waals surface area contributed by atoms with E-state index in [1.807, 2.05) is 0 Å². The van der Waals surface area contributed by atoms with Crippen LogP contribution in [0.5, 0.6) is 0 Å². The summed E-state index contributed by atoms with van der Waals surface area (Å²) in [5.74, 6) is -0.522. The van der Waals surface area contributed by atoms with Crippen molar-refractivity contribution >= 4 is 11.8 Å². The molecule has 1 fully saturated rings. The minimum absolute atomic E-state index is 0.0696. The Morgan fingerprint density at radius 3 is 2.37 bits per heavy atom. The zero-order valence-electron chi connectivity index (χ0n) is 9.83. The molecule has 1 aromatic rings. The fourth-order valence-corrected chi connectivity index (χ4v) is 1.77. The van der Waals surface area contributed by atoms with Crippen LogP contribution >= 0.6 is 0 Å². The third kappa shape index (κ3) is 3.24. The van der Waals surface area contributed by atoms with Crippen LogP contribution in [-0.4, -0.2) is 29.8 Å². The maximum absolute atomic E-state index is 12.4. The Balaban J connectivity index is 2.07. The van der Waals surface area contributed by atoms with Crippen molar-refractivity contribution in [3.05, 3.63) is 35.4 Å². The Labute approximate surface area is 107 Å². The van der Waals surface area contributed by atoms with E-state index in [-0.39, 0.29) is 31.4 Å². The first-order valence-electron chi connectivity index (χ1n) is 5.57. The summed E-state index contributed by atoms with van der Waals surface area (Å²) in [5, 5.41) is 2.40. The molecule has 0 radical (unpaired) electrons. The highest BCUT2D eigenvalue weighted by molar-refractivity contribution is 5.92. The smallest absolute Gasteiger partial charge is 0.345 e. The molecule has 4 nitrogen and oxygen atoms in total. The normalized spacial score (nSPS) is 16.5. The van der Waals surface area contributed by atoms with Gasteiger partial charge in [0.1, 0.15) is 0 Å². The van der Waals surface area contributed by atoms with Gasteiger partial charge in [0, 0.05) is 6.54 Å². The summed E-state index contributed by atoms with van der Waals surface area (Å²) < 4.78 is 37.1. The van der Waals surface area contributed by atoms with Crippen LogP contribution in [0.3, 0.4) is 0 Å². The Bertz CT molecular complexity index is 497. The van der Waals surface area contributed by atoms with Gasteiger partial charge < -0.3 is 10.2 Å². The molecule has 0 atom stereocenters. The van der Waals surface area contributed by atoms with E-state index in [0.717, 1.165) is 12.1 Å². The fraction of sp³-hybridized carbons (Fsp3) is 0.333. The average molecular weight is 272 g/mol. The van der Waals surface area contributed by atoms with Gasteiger partial charge in [-0.2, -0.15) is 13.2 Å². The number of benzene rings is 1. The van der Waals surface area contributed by atoms with E-state index in [4.69, 9.17) is 0 Å². The molecular weight excluding hydrogens is 261 g/mol. The fourth-order valence-electron chi connectivity index (χ4n) is 1.77. The molecule has 2 amide bonds. The van der Waals surface area contributed by atoms with Crippen molar-refractivity contribution in [2.24, 2.45) is 0 Å². The van der Waals surface area contributed by atoms with Crippen LogP contribution in [0, 0.1) is 0 Å². The molecule has 1 heterocycles. The lowest BCUT2D eigenvalue weighted by molar-refractivity contribution is -0.141. The van der Waals surface area contributed by atoms with Gasteiger partial charge in [-0.05, 0) is 17.7 Å². The lowest BCUT2D eigenvalue weighted by atomic mass is 10.1. The number of hydrogen-bond acceptors (Lipinski definition) is 2. The second kappa shape index (κ2) is 4.91. The van der Waals surface area contributed by atoms with Gasteiger partial charge in [0.2, 0.25) is 11.8 Å². The summed E-state index contributed by atoms with van der Waals surface area (Å²) >= 11 is 0. The summed E-state index contributed by atoms with van der Waals surface area (Å²) in [6.07, 6.45) is -4.38. The molecule has 0 unspecified atom stereocenters. The molecule has 2 rings (SSSR count). The number of piperazine rings is 1. The predicted octanol–water partition coefficient (Wildman–Crippen LogP) is 1.16. The lowest BCUT2D eigenvalue weighted by Crippen LogP contribution is -2.50. The SMILES string of the molecule is O=C1CN(Cc2ccc(C(F)(F)F)cc2)C(=O)CN1. The highest BCUT2D eigenvalue weighted by atomic mass is 19.4. The molecule has 7 heteroatoms. The largest absolute Gasteiger partial charge is 0.416 e. The van der Waals surface area contributed by atoms with Crippen molar-refractivity contribution in [1.82, 2.24) is 10.2 Å². The number of halogens is 3. The Morgan fingerprint density at radius 2 is 1.79 bits per heavy atom. The molecule has 0 spiro atoms. The van der Waals surface area contributed by atoms with Gasteiger partial charge >= 0.3 is 6.18 Å². The minimum Gasteiger partial charge on any atom is -0.345 e. The van der Waals surface area contributed by atoms with Crippen LogP contribution in [0.15, 0.2) is 24.3 Å². The van der Waals surface area contributed by atoms with Crippen LogP contribution in [-0.2, 0) is 22.3 Å². The Kier molecular flexibility index (Phi) is 3.46. The molecule has 1 aromatic carbocycles. The van der Waals surface area contributed by atoms with E-state index in [1.54, 1.807) is 0 Å². The van der Waals surface area contributed by atoms with Crippen molar-refractivity contribution in [1.29, 1.82) is 0 Å². The maximum atomic E-state index is 12.4. The molecular formula is C12H11F3N2O2. The van der Waals surface area contributed by atoms with E-state index >= 15 is 0 Å². The number of alkyl halides is 3. The first kappa shape index (κ1) is 13.4. The molecule has 0 bridgehead atoms. The summed E-state index contributed by atoms with van der Waals surface area (Å²) in [6.45, 7) is -0.0102. The van der Waals surface area contributed by atoms with Crippen molar-refractivity contribution in [2.75, 3.05) is 13.1 Å². The van der Waals surface area contributed by atoms with Gasteiger partial charge in [-0.15, -0.1) is 0 Å². The van der Waals surface area contributed by atoms with Gasteiger partial charge in [0.15, 0.2) is 0 Å². The molecule has 0 saturated carbocycles. The van der Waals surface area contributed by atoms with Crippen LogP contribution in [0.2, 0.25) is 0 Å². The molecule has 19 heavy (non-hydrogen) atoms. The van der Waals surface area contributed by atoms with Gasteiger partial charge in [-0.3, -0.25) is 9.59 Å². The molecule has 1 N–H and O–H groups in total. The monoisotopic (exact) mass is 272 g/mol. The quantitative estimate of drug-likeness (QED) is 0.878. The summed E-state index contributed by atoms with van der Waals surface area (Å²) in [7, 11) is 0. The van der Waals surface area contributed by atoms with Gasteiger partial charge in [0.05, 0.1) is 18.7 Å². The van der Waals surface area contributed by atoms with Crippen molar-refractivity contribution < 1.29 is 22.8 Å². The van der Waals surface area contributed by atoms with Crippen molar-refractivity contribution in [3.63, 3.8) is 0 Å². The summed E-state index contributed by atoms with van der Waals surface area (Å²) in [6, 6.07) is 4.54. The lowest BCUT2D eigenvalue weighted by Gasteiger charge is -2.26. The summed E-state index contributed by atoms with van der Waals surface area (Å²) in [5.41, 5.74) is -0.185. The number of hydrogen-bond donors (Lipinski definition) is 1. The average Bonchev–Trinajstić information content (AvgIpc) is 2.33. The van der Waals surface area contributed by atoms with Gasteiger partial charge in [-0.25, -0.2) is 0 Å². The molecule has 1 aliphatic rings. The number of nitrogens with zero attached hydrogens (tertiary/aromatic N) is 1. The zero-order chi connectivity index (χ0) is 14.0.